The number of halogens is 2. The van der Waals surface area contributed by atoms with Crippen LogP contribution in [0, 0.1) is 17.3 Å². The molecule has 164 valence electrons. The summed E-state index contributed by atoms with van der Waals surface area (Å²) in [4.78, 5) is 25.4. The molecule has 31 heavy (non-hydrogen) atoms. The van der Waals surface area contributed by atoms with Crippen molar-refractivity contribution in [3.8, 4) is 5.75 Å². The van der Waals surface area contributed by atoms with Crippen molar-refractivity contribution >= 4 is 39.1 Å². The van der Waals surface area contributed by atoms with E-state index in [-0.39, 0.29) is 17.1 Å². The molecule has 3 nitrogen and oxygen atoms in total. The maximum atomic E-state index is 13.0. The molecule has 2 saturated carbocycles. The standard InChI is InChI=1S/C26H28BrClO3/c1-26-14-20(15-2-4-16(5-3-15)31-13-12-28)24-17-8-10-22(29)25(27)18(17)6-7-19(24)21(26)9-11-23(26)30/h2-5,19-21H,6-14H2,1H3/t19-,20+,21-,26-/m0/s1. The van der Waals surface area contributed by atoms with Crippen LogP contribution in [0.1, 0.15) is 63.4 Å². The highest BCUT2D eigenvalue weighted by molar-refractivity contribution is 9.12. The zero-order chi connectivity index (χ0) is 21.8. The van der Waals surface area contributed by atoms with E-state index in [1.165, 1.54) is 22.3 Å². The monoisotopic (exact) mass is 502 g/mol. The molecule has 0 heterocycles. The Balaban J connectivity index is 1.62. The van der Waals surface area contributed by atoms with E-state index in [1.807, 2.05) is 12.1 Å². The van der Waals surface area contributed by atoms with Crippen molar-refractivity contribution in [3.05, 3.63) is 51.0 Å². The number of carbonyl (C=O) groups is 2. The SMILES string of the molecule is C[C@]12C[C@H](c3ccc(OCCCl)cc3)C3=C4CCC(=O)C(Br)=C4CC[C@H]3[C@@H]1CCC2=O. The van der Waals surface area contributed by atoms with Gasteiger partial charge in [-0.25, -0.2) is 0 Å². The van der Waals surface area contributed by atoms with Gasteiger partial charge >= 0.3 is 0 Å². The summed E-state index contributed by atoms with van der Waals surface area (Å²) in [6, 6.07) is 8.35. The minimum atomic E-state index is -0.240. The number of benzene rings is 1. The van der Waals surface area contributed by atoms with Crippen molar-refractivity contribution in [3.63, 3.8) is 0 Å². The number of rotatable bonds is 4. The smallest absolute Gasteiger partial charge is 0.170 e. The van der Waals surface area contributed by atoms with Crippen LogP contribution in [-0.2, 0) is 9.59 Å². The average molecular weight is 504 g/mol. The molecular formula is C26H28BrClO3. The fourth-order valence-electron chi connectivity index (χ4n) is 6.74. The van der Waals surface area contributed by atoms with Gasteiger partial charge in [0.05, 0.1) is 10.4 Å². The van der Waals surface area contributed by atoms with E-state index < -0.39 is 0 Å². The third-order valence-corrected chi connectivity index (χ3v) is 9.26. The van der Waals surface area contributed by atoms with Crippen LogP contribution in [0.25, 0.3) is 0 Å². The predicted molar refractivity (Wildman–Crippen MR) is 126 cm³/mol. The molecule has 5 rings (SSSR count). The van der Waals surface area contributed by atoms with Gasteiger partial charge in [0.25, 0.3) is 0 Å². The quantitative estimate of drug-likeness (QED) is 0.441. The van der Waals surface area contributed by atoms with Gasteiger partial charge in [0, 0.05) is 24.2 Å². The van der Waals surface area contributed by atoms with E-state index in [9.17, 15) is 9.59 Å². The zero-order valence-corrected chi connectivity index (χ0v) is 20.2. The van der Waals surface area contributed by atoms with Gasteiger partial charge in [-0.05, 0) is 88.7 Å². The van der Waals surface area contributed by atoms with Crippen LogP contribution in [-0.4, -0.2) is 24.1 Å². The number of hydrogen-bond acceptors (Lipinski definition) is 3. The van der Waals surface area contributed by atoms with E-state index in [0.717, 1.165) is 42.3 Å². The van der Waals surface area contributed by atoms with Crippen molar-refractivity contribution in [2.24, 2.45) is 17.3 Å². The minimum Gasteiger partial charge on any atom is -0.492 e. The Morgan fingerprint density at radius 2 is 1.84 bits per heavy atom. The normalized spacial score (nSPS) is 32.7. The third-order valence-electron chi connectivity index (χ3n) is 8.18. The van der Waals surface area contributed by atoms with Crippen LogP contribution in [0.15, 0.2) is 45.5 Å². The molecular weight excluding hydrogens is 476 g/mol. The molecule has 5 heteroatoms. The second kappa shape index (κ2) is 8.19. The number of carbonyl (C=O) groups excluding carboxylic acids is 2. The number of hydrogen-bond donors (Lipinski definition) is 0. The molecule has 0 aromatic heterocycles. The number of allylic oxidation sites excluding steroid dienone is 4. The number of ether oxygens (including phenoxy) is 1. The maximum absolute atomic E-state index is 13.0. The first-order valence-corrected chi connectivity index (χ1v) is 12.7. The van der Waals surface area contributed by atoms with Gasteiger partial charge in [0.15, 0.2) is 5.78 Å². The van der Waals surface area contributed by atoms with E-state index in [2.05, 4.69) is 35.0 Å². The predicted octanol–water partition coefficient (Wildman–Crippen LogP) is 6.50. The van der Waals surface area contributed by atoms with Gasteiger partial charge in [0.1, 0.15) is 18.1 Å². The third kappa shape index (κ3) is 3.45. The summed E-state index contributed by atoms with van der Waals surface area (Å²) in [5.41, 5.74) is 5.15. The van der Waals surface area contributed by atoms with Gasteiger partial charge in [-0.2, -0.15) is 0 Å². The first kappa shape index (κ1) is 21.5. The van der Waals surface area contributed by atoms with Crippen LogP contribution in [0.3, 0.4) is 0 Å². The van der Waals surface area contributed by atoms with Crippen LogP contribution in [0.4, 0.5) is 0 Å². The molecule has 0 aliphatic heterocycles. The zero-order valence-electron chi connectivity index (χ0n) is 17.9. The molecule has 1 aromatic carbocycles. The van der Waals surface area contributed by atoms with Crippen LogP contribution in [0.2, 0.25) is 0 Å². The molecule has 1 aromatic rings. The minimum absolute atomic E-state index is 0.217. The highest BCUT2D eigenvalue weighted by Crippen LogP contribution is 2.63. The highest BCUT2D eigenvalue weighted by Gasteiger charge is 2.56. The Morgan fingerprint density at radius 1 is 1.06 bits per heavy atom. The van der Waals surface area contributed by atoms with Crippen molar-refractivity contribution in [2.75, 3.05) is 12.5 Å². The molecule has 0 saturated heterocycles. The Bertz CT molecular complexity index is 992. The largest absolute Gasteiger partial charge is 0.492 e. The Hall–Kier alpha value is -1.39. The molecule has 2 fully saturated rings. The Morgan fingerprint density at radius 3 is 2.58 bits per heavy atom. The van der Waals surface area contributed by atoms with Crippen LogP contribution < -0.4 is 4.74 Å². The summed E-state index contributed by atoms with van der Waals surface area (Å²) in [6.07, 6.45) is 5.98. The highest BCUT2D eigenvalue weighted by atomic mass is 79.9. The number of alkyl halides is 1. The van der Waals surface area contributed by atoms with Crippen LogP contribution >= 0.6 is 27.5 Å². The van der Waals surface area contributed by atoms with Crippen molar-refractivity contribution < 1.29 is 14.3 Å². The molecule has 0 spiro atoms. The second-order valence-electron chi connectivity index (χ2n) is 9.64. The van der Waals surface area contributed by atoms with Crippen molar-refractivity contribution in [1.82, 2.24) is 0 Å². The Labute approximate surface area is 197 Å². The topological polar surface area (TPSA) is 43.4 Å². The lowest BCUT2D eigenvalue weighted by molar-refractivity contribution is -0.128. The number of ketones is 2. The summed E-state index contributed by atoms with van der Waals surface area (Å²) >= 11 is 9.37. The van der Waals surface area contributed by atoms with E-state index in [4.69, 9.17) is 16.3 Å². The molecule has 4 atom stereocenters. The van der Waals surface area contributed by atoms with Gasteiger partial charge in [-0.15, -0.1) is 11.6 Å². The van der Waals surface area contributed by atoms with Gasteiger partial charge < -0.3 is 4.74 Å². The van der Waals surface area contributed by atoms with Crippen molar-refractivity contribution in [2.45, 2.75) is 57.8 Å². The molecule has 0 radical (unpaired) electrons. The molecule has 0 N–H and O–H groups in total. The lowest BCUT2D eigenvalue weighted by Crippen LogP contribution is -2.43. The second-order valence-corrected chi connectivity index (χ2v) is 10.8. The van der Waals surface area contributed by atoms with Gasteiger partial charge in [0.2, 0.25) is 0 Å². The van der Waals surface area contributed by atoms with Gasteiger partial charge in [-0.3, -0.25) is 9.59 Å². The van der Waals surface area contributed by atoms with E-state index >= 15 is 0 Å². The molecule has 0 amide bonds. The molecule has 0 unspecified atom stereocenters. The summed E-state index contributed by atoms with van der Waals surface area (Å²) < 4.78 is 6.46. The Kier molecular flexibility index (Phi) is 5.67. The van der Waals surface area contributed by atoms with Crippen LogP contribution in [0.5, 0.6) is 5.75 Å². The summed E-state index contributed by atoms with van der Waals surface area (Å²) in [5, 5.41) is 0. The summed E-state index contributed by atoms with van der Waals surface area (Å²) in [6.45, 7) is 2.71. The summed E-state index contributed by atoms with van der Waals surface area (Å²) in [7, 11) is 0. The summed E-state index contributed by atoms with van der Waals surface area (Å²) in [5.74, 6) is 3.05. The maximum Gasteiger partial charge on any atom is 0.170 e. The molecule has 0 bridgehead atoms. The molecule has 4 aliphatic carbocycles. The van der Waals surface area contributed by atoms with E-state index in [1.54, 1.807) is 0 Å². The first-order valence-electron chi connectivity index (χ1n) is 11.4. The lowest BCUT2D eigenvalue weighted by Gasteiger charge is -2.50. The van der Waals surface area contributed by atoms with E-state index in [0.29, 0.717) is 42.9 Å². The first-order chi connectivity index (χ1) is 14.9. The van der Waals surface area contributed by atoms with Gasteiger partial charge in [-0.1, -0.05) is 24.6 Å². The number of Topliss-reactive ketones (excluding diaryl/α,β-unsaturated/α-hetero) is 2. The fraction of sp³-hybridized carbons (Fsp3) is 0.538. The number of fused-ring (bicyclic) bond motifs is 4. The lowest BCUT2D eigenvalue weighted by atomic mass is 9.53. The average Bonchev–Trinajstić information content (AvgIpc) is 3.08. The van der Waals surface area contributed by atoms with Crippen molar-refractivity contribution in [1.29, 1.82) is 0 Å². The fourth-order valence-corrected chi connectivity index (χ4v) is 7.45. The molecule has 4 aliphatic rings.